The number of cyclic esters (lactones) is 1. The molecular formula is C18H25N3O4. The topological polar surface area (TPSA) is 71.1 Å². The molecule has 0 aromatic heterocycles. The highest BCUT2D eigenvalue weighted by atomic mass is 16.6. The van der Waals surface area contributed by atoms with Gasteiger partial charge in [0.05, 0.1) is 13.2 Å². The van der Waals surface area contributed by atoms with Gasteiger partial charge in [-0.2, -0.15) is 0 Å². The maximum Gasteiger partial charge on any atom is 0.414 e. The SMILES string of the molecule is CC(C)(C)NCC1CN(c2ccc(N3CCOCC3=O)cc2)C(=O)O1. The zero-order valence-corrected chi connectivity index (χ0v) is 14.9. The van der Waals surface area contributed by atoms with Crippen molar-refractivity contribution in [2.75, 3.05) is 42.6 Å². The van der Waals surface area contributed by atoms with Crippen molar-refractivity contribution in [1.29, 1.82) is 0 Å². The van der Waals surface area contributed by atoms with Crippen LogP contribution >= 0.6 is 0 Å². The van der Waals surface area contributed by atoms with Gasteiger partial charge in [0.1, 0.15) is 12.7 Å². The van der Waals surface area contributed by atoms with Gasteiger partial charge in [0, 0.05) is 30.0 Å². The summed E-state index contributed by atoms with van der Waals surface area (Å²) in [6.45, 7) is 8.55. The molecule has 7 heteroatoms. The van der Waals surface area contributed by atoms with Crippen LogP contribution in [0, 0.1) is 0 Å². The predicted octanol–water partition coefficient (Wildman–Crippen LogP) is 1.76. The van der Waals surface area contributed by atoms with Crippen molar-refractivity contribution in [3.05, 3.63) is 24.3 Å². The Bertz CT molecular complexity index is 639. The van der Waals surface area contributed by atoms with Crippen LogP contribution in [-0.4, -0.2) is 56.5 Å². The zero-order valence-electron chi connectivity index (χ0n) is 14.9. The minimum atomic E-state index is -0.337. The summed E-state index contributed by atoms with van der Waals surface area (Å²) in [5.74, 6) is -0.0482. The molecule has 7 nitrogen and oxygen atoms in total. The molecule has 1 atom stereocenters. The quantitative estimate of drug-likeness (QED) is 0.899. The lowest BCUT2D eigenvalue weighted by Gasteiger charge is -2.27. The summed E-state index contributed by atoms with van der Waals surface area (Å²) >= 11 is 0. The molecule has 1 unspecified atom stereocenters. The van der Waals surface area contributed by atoms with E-state index < -0.39 is 0 Å². The Hall–Kier alpha value is -2.12. The van der Waals surface area contributed by atoms with Crippen LogP contribution in [0.25, 0.3) is 0 Å². The van der Waals surface area contributed by atoms with Gasteiger partial charge in [0.2, 0.25) is 0 Å². The summed E-state index contributed by atoms with van der Waals surface area (Å²) in [5, 5.41) is 3.35. The van der Waals surface area contributed by atoms with Crippen molar-refractivity contribution in [2.45, 2.75) is 32.4 Å². The van der Waals surface area contributed by atoms with E-state index in [4.69, 9.17) is 9.47 Å². The first-order valence-corrected chi connectivity index (χ1v) is 8.55. The molecule has 0 bridgehead atoms. The highest BCUT2D eigenvalue weighted by Crippen LogP contribution is 2.25. The molecular weight excluding hydrogens is 322 g/mol. The van der Waals surface area contributed by atoms with E-state index in [0.29, 0.717) is 26.2 Å². The van der Waals surface area contributed by atoms with Crippen LogP contribution in [0.4, 0.5) is 16.2 Å². The Kier molecular flexibility index (Phi) is 4.96. The largest absolute Gasteiger partial charge is 0.443 e. The fourth-order valence-electron chi connectivity index (χ4n) is 2.86. The van der Waals surface area contributed by atoms with Crippen LogP contribution in [0.2, 0.25) is 0 Å². The summed E-state index contributed by atoms with van der Waals surface area (Å²) in [6, 6.07) is 7.40. The van der Waals surface area contributed by atoms with Crippen molar-refractivity contribution in [2.24, 2.45) is 0 Å². The Balaban J connectivity index is 1.64. The van der Waals surface area contributed by atoms with Gasteiger partial charge in [-0.3, -0.25) is 9.69 Å². The van der Waals surface area contributed by atoms with E-state index in [1.807, 2.05) is 24.3 Å². The molecule has 2 saturated heterocycles. The molecule has 25 heavy (non-hydrogen) atoms. The minimum absolute atomic E-state index is 0.0217. The van der Waals surface area contributed by atoms with Crippen LogP contribution in [0.1, 0.15) is 20.8 Å². The summed E-state index contributed by atoms with van der Waals surface area (Å²) in [6.07, 6.45) is -0.511. The first-order valence-electron chi connectivity index (χ1n) is 8.55. The highest BCUT2D eigenvalue weighted by Gasteiger charge is 2.33. The summed E-state index contributed by atoms with van der Waals surface area (Å²) in [4.78, 5) is 27.4. The number of amides is 2. The number of carbonyl (C=O) groups excluding carboxylic acids is 2. The predicted molar refractivity (Wildman–Crippen MR) is 95.0 cm³/mol. The summed E-state index contributed by atoms with van der Waals surface area (Å²) in [5.41, 5.74) is 1.56. The van der Waals surface area contributed by atoms with Gasteiger partial charge in [-0.25, -0.2) is 4.79 Å². The molecule has 0 saturated carbocycles. The molecule has 0 radical (unpaired) electrons. The monoisotopic (exact) mass is 347 g/mol. The first kappa shape index (κ1) is 17.7. The van der Waals surface area contributed by atoms with E-state index in [1.54, 1.807) is 9.80 Å². The fraction of sp³-hybridized carbons (Fsp3) is 0.556. The van der Waals surface area contributed by atoms with Gasteiger partial charge in [0.25, 0.3) is 5.91 Å². The Labute approximate surface area is 147 Å². The molecule has 0 aliphatic carbocycles. The van der Waals surface area contributed by atoms with E-state index in [-0.39, 0.29) is 30.3 Å². The number of anilines is 2. The fourth-order valence-corrected chi connectivity index (χ4v) is 2.86. The third-order valence-electron chi connectivity index (χ3n) is 4.19. The van der Waals surface area contributed by atoms with E-state index in [0.717, 1.165) is 11.4 Å². The highest BCUT2D eigenvalue weighted by molar-refractivity contribution is 5.95. The second kappa shape index (κ2) is 7.01. The first-order chi connectivity index (χ1) is 11.8. The summed E-state index contributed by atoms with van der Waals surface area (Å²) < 4.78 is 10.6. The number of benzene rings is 1. The number of nitrogens with zero attached hydrogens (tertiary/aromatic N) is 2. The lowest BCUT2D eigenvalue weighted by atomic mass is 10.1. The number of carbonyl (C=O) groups is 2. The van der Waals surface area contributed by atoms with Crippen molar-refractivity contribution >= 4 is 23.4 Å². The lowest BCUT2D eigenvalue weighted by molar-refractivity contribution is -0.125. The Morgan fingerprint density at radius 3 is 2.36 bits per heavy atom. The number of morpholine rings is 1. The second-order valence-corrected chi connectivity index (χ2v) is 7.36. The number of hydrogen-bond acceptors (Lipinski definition) is 5. The summed E-state index contributed by atoms with van der Waals surface area (Å²) in [7, 11) is 0. The molecule has 2 aliphatic rings. The van der Waals surface area contributed by atoms with Crippen LogP contribution in [0.5, 0.6) is 0 Å². The average Bonchev–Trinajstić information content (AvgIpc) is 2.94. The number of rotatable bonds is 4. The number of nitrogens with one attached hydrogen (secondary N) is 1. The maximum absolute atomic E-state index is 12.1. The molecule has 3 rings (SSSR count). The van der Waals surface area contributed by atoms with Gasteiger partial charge in [-0.1, -0.05) is 0 Å². The van der Waals surface area contributed by atoms with E-state index in [1.165, 1.54) is 0 Å². The van der Waals surface area contributed by atoms with Crippen molar-refractivity contribution in [3.63, 3.8) is 0 Å². The molecule has 136 valence electrons. The molecule has 2 aliphatic heterocycles. The van der Waals surface area contributed by atoms with Crippen LogP contribution in [0.3, 0.4) is 0 Å². The van der Waals surface area contributed by atoms with Crippen molar-refractivity contribution < 1.29 is 19.1 Å². The maximum atomic E-state index is 12.1. The molecule has 1 N–H and O–H groups in total. The van der Waals surface area contributed by atoms with Gasteiger partial charge in [0.15, 0.2) is 0 Å². The molecule has 2 amide bonds. The van der Waals surface area contributed by atoms with Crippen molar-refractivity contribution in [1.82, 2.24) is 5.32 Å². The standard InChI is InChI=1S/C18H25N3O4/c1-18(2,3)19-10-15-11-21(17(23)25-15)14-6-4-13(5-7-14)20-8-9-24-12-16(20)22/h4-7,15,19H,8-12H2,1-3H3. The molecule has 1 aromatic carbocycles. The minimum Gasteiger partial charge on any atom is -0.443 e. The lowest BCUT2D eigenvalue weighted by Crippen LogP contribution is -2.42. The van der Waals surface area contributed by atoms with Gasteiger partial charge in [-0.15, -0.1) is 0 Å². The van der Waals surface area contributed by atoms with Gasteiger partial charge in [-0.05, 0) is 45.0 Å². The smallest absolute Gasteiger partial charge is 0.414 e. The van der Waals surface area contributed by atoms with Crippen LogP contribution in [0.15, 0.2) is 24.3 Å². The van der Waals surface area contributed by atoms with Crippen LogP contribution in [-0.2, 0) is 14.3 Å². The molecule has 2 fully saturated rings. The van der Waals surface area contributed by atoms with E-state index in [9.17, 15) is 9.59 Å². The molecule has 2 heterocycles. The van der Waals surface area contributed by atoms with Crippen LogP contribution < -0.4 is 15.1 Å². The zero-order chi connectivity index (χ0) is 18.0. The second-order valence-electron chi connectivity index (χ2n) is 7.36. The third-order valence-corrected chi connectivity index (χ3v) is 4.19. The molecule has 1 aromatic rings. The Morgan fingerprint density at radius 1 is 1.12 bits per heavy atom. The average molecular weight is 347 g/mol. The normalized spacial score (nSPS) is 21.6. The number of hydrogen-bond donors (Lipinski definition) is 1. The Morgan fingerprint density at radius 2 is 1.76 bits per heavy atom. The van der Waals surface area contributed by atoms with Crippen molar-refractivity contribution in [3.8, 4) is 0 Å². The van der Waals surface area contributed by atoms with E-state index >= 15 is 0 Å². The van der Waals surface area contributed by atoms with Gasteiger partial charge >= 0.3 is 6.09 Å². The number of ether oxygens (including phenoxy) is 2. The third kappa shape index (κ3) is 4.29. The molecule has 0 spiro atoms. The van der Waals surface area contributed by atoms with Gasteiger partial charge < -0.3 is 19.7 Å². The van der Waals surface area contributed by atoms with E-state index in [2.05, 4.69) is 26.1 Å².